The average molecular weight is 290 g/mol. The average Bonchev–Trinajstić information content (AvgIpc) is 2.92. The predicted molar refractivity (Wildman–Crippen MR) is 82.1 cm³/mol. The zero-order chi connectivity index (χ0) is 14.8. The molecule has 0 saturated carbocycles. The minimum atomic E-state index is -0.205. The monoisotopic (exact) mass is 290 g/mol. The van der Waals surface area contributed by atoms with Gasteiger partial charge in [-0.2, -0.15) is 0 Å². The van der Waals surface area contributed by atoms with Crippen LogP contribution in [0.1, 0.15) is 39.5 Å². The van der Waals surface area contributed by atoms with Crippen LogP contribution in [0.2, 0.25) is 0 Å². The smallest absolute Gasteiger partial charge is 0.249 e. The van der Waals surface area contributed by atoms with Gasteiger partial charge < -0.3 is 19.7 Å². The fourth-order valence-electron chi connectivity index (χ4n) is 2.84. The van der Waals surface area contributed by atoms with Gasteiger partial charge in [-0.05, 0) is 13.3 Å². The quantitative estimate of drug-likeness (QED) is 0.846. The summed E-state index contributed by atoms with van der Waals surface area (Å²) in [5, 5.41) is 3.24. The second-order valence-corrected chi connectivity index (χ2v) is 5.64. The molecule has 114 valence electrons. The summed E-state index contributed by atoms with van der Waals surface area (Å²) in [6.45, 7) is 5.10. The molecule has 0 spiro atoms. The first-order chi connectivity index (χ1) is 10.2. The van der Waals surface area contributed by atoms with E-state index in [-0.39, 0.29) is 18.7 Å². The van der Waals surface area contributed by atoms with Crippen molar-refractivity contribution in [3.8, 4) is 11.5 Å². The molecule has 1 N–H and O–H groups in total. The Morgan fingerprint density at radius 2 is 2.00 bits per heavy atom. The SMILES string of the molecule is CCCCCCN1C(=O)C(C)Nc2cc3c(cc21)OCO3. The number of unbranched alkanes of at least 4 members (excludes halogenated alkanes) is 3. The highest BCUT2D eigenvalue weighted by atomic mass is 16.7. The topological polar surface area (TPSA) is 50.8 Å². The maximum absolute atomic E-state index is 12.4. The third kappa shape index (κ3) is 2.64. The molecule has 1 amide bonds. The fraction of sp³-hybridized carbons (Fsp3) is 0.562. The van der Waals surface area contributed by atoms with Crippen LogP contribution in [0.15, 0.2) is 12.1 Å². The number of hydrogen-bond donors (Lipinski definition) is 1. The third-order valence-corrected chi connectivity index (χ3v) is 4.03. The van der Waals surface area contributed by atoms with Gasteiger partial charge in [0.2, 0.25) is 12.7 Å². The molecule has 1 aromatic rings. The summed E-state index contributed by atoms with van der Waals surface area (Å²) in [5.74, 6) is 1.59. The minimum Gasteiger partial charge on any atom is -0.454 e. The van der Waals surface area contributed by atoms with E-state index in [1.807, 2.05) is 24.0 Å². The zero-order valence-corrected chi connectivity index (χ0v) is 12.6. The fourth-order valence-corrected chi connectivity index (χ4v) is 2.84. The first kappa shape index (κ1) is 14.0. The molecule has 1 atom stereocenters. The molecule has 0 aromatic heterocycles. The second-order valence-electron chi connectivity index (χ2n) is 5.64. The summed E-state index contributed by atoms with van der Waals surface area (Å²) in [6.07, 6.45) is 4.59. The lowest BCUT2D eigenvalue weighted by Gasteiger charge is -2.34. The van der Waals surface area contributed by atoms with Crippen molar-refractivity contribution < 1.29 is 14.3 Å². The van der Waals surface area contributed by atoms with Crippen molar-refractivity contribution in [2.24, 2.45) is 0 Å². The largest absolute Gasteiger partial charge is 0.454 e. The maximum atomic E-state index is 12.4. The van der Waals surface area contributed by atoms with Gasteiger partial charge in [0, 0.05) is 18.7 Å². The number of fused-ring (bicyclic) bond motifs is 2. The van der Waals surface area contributed by atoms with Crippen molar-refractivity contribution in [1.82, 2.24) is 0 Å². The van der Waals surface area contributed by atoms with E-state index in [0.29, 0.717) is 0 Å². The molecule has 1 aromatic carbocycles. The van der Waals surface area contributed by atoms with E-state index in [2.05, 4.69) is 12.2 Å². The summed E-state index contributed by atoms with van der Waals surface area (Å²) in [4.78, 5) is 14.3. The van der Waals surface area contributed by atoms with E-state index in [1.54, 1.807) is 0 Å². The lowest BCUT2D eigenvalue weighted by Crippen LogP contribution is -2.46. The Balaban J connectivity index is 1.84. The van der Waals surface area contributed by atoms with Gasteiger partial charge in [-0.3, -0.25) is 4.79 Å². The van der Waals surface area contributed by atoms with Crippen LogP contribution in [0.25, 0.3) is 0 Å². The number of benzene rings is 1. The van der Waals surface area contributed by atoms with E-state index in [1.165, 1.54) is 12.8 Å². The molecule has 0 aliphatic carbocycles. The lowest BCUT2D eigenvalue weighted by atomic mass is 10.1. The van der Waals surface area contributed by atoms with Gasteiger partial charge in [0.1, 0.15) is 6.04 Å². The van der Waals surface area contributed by atoms with Crippen molar-refractivity contribution in [3.63, 3.8) is 0 Å². The molecular weight excluding hydrogens is 268 g/mol. The normalized spacial score (nSPS) is 19.4. The van der Waals surface area contributed by atoms with Crippen LogP contribution in [-0.4, -0.2) is 25.3 Å². The van der Waals surface area contributed by atoms with Crippen LogP contribution in [0.5, 0.6) is 11.5 Å². The number of rotatable bonds is 5. The van der Waals surface area contributed by atoms with Crippen molar-refractivity contribution in [2.75, 3.05) is 23.6 Å². The standard InChI is InChI=1S/C16H22N2O3/c1-3-4-5-6-7-18-13-9-15-14(20-10-21-15)8-12(13)17-11(2)16(18)19/h8-9,11,17H,3-7,10H2,1-2H3. The van der Waals surface area contributed by atoms with E-state index < -0.39 is 0 Å². The number of amides is 1. The number of hydrogen-bond acceptors (Lipinski definition) is 4. The van der Waals surface area contributed by atoms with E-state index in [4.69, 9.17) is 9.47 Å². The number of nitrogens with one attached hydrogen (secondary N) is 1. The molecule has 5 heteroatoms. The molecule has 5 nitrogen and oxygen atoms in total. The summed E-state index contributed by atoms with van der Waals surface area (Å²) in [6, 6.07) is 3.64. The molecule has 2 aliphatic rings. The summed E-state index contributed by atoms with van der Waals surface area (Å²) in [5.41, 5.74) is 1.85. The van der Waals surface area contributed by atoms with Gasteiger partial charge in [0.25, 0.3) is 0 Å². The van der Waals surface area contributed by atoms with Gasteiger partial charge >= 0.3 is 0 Å². The lowest BCUT2D eigenvalue weighted by molar-refractivity contribution is -0.119. The van der Waals surface area contributed by atoms with Crippen molar-refractivity contribution >= 4 is 17.3 Å². The number of carbonyl (C=O) groups excluding carboxylic acids is 1. The Hall–Kier alpha value is -1.91. The number of anilines is 2. The second kappa shape index (κ2) is 5.84. The van der Waals surface area contributed by atoms with Crippen LogP contribution in [0, 0.1) is 0 Å². The summed E-state index contributed by atoms with van der Waals surface area (Å²) >= 11 is 0. The van der Waals surface area contributed by atoms with Gasteiger partial charge in [0.05, 0.1) is 11.4 Å². The predicted octanol–water partition coefficient (Wildman–Crippen LogP) is 3.14. The Kier molecular flexibility index (Phi) is 3.90. The molecular formula is C16H22N2O3. The molecule has 0 radical (unpaired) electrons. The maximum Gasteiger partial charge on any atom is 0.249 e. The van der Waals surface area contributed by atoms with Crippen LogP contribution in [0.4, 0.5) is 11.4 Å². The van der Waals surface area contributed by atoms with Crippen molar-refractivity contribution in [2.45, 2.75) is 45.6 Å². The third-order valence-electron chi connectivity index (χ3n) is 4.03. The molecule has 0 bridgehead atoms. The number of ether oxygens (including phenoxy) is 2. The highest BCUT2D eigenvalue weighted by Crippen LogP contribution is 2.43. The van der Waals surface area contributed by atoms with Gasteiger partial charge in [-0.1, -0.05) is 26.2 Å². The number of nitrogens with zero attached hydrogens (tertiary/aromatic N) is 1. The minimum absolute atomic E-state index is 0.123. The molecule has 3 rings (SSSR count). The van der Waals surface area contributed by atoms with Crippen LogP contribution < -0.4 is 19.7 Å². The van der Waals surface area contributed by atoms with Gasteiger partial charge in [-0.15, -0.1) is 0 Å². The van der Waals surface area contributed by atoms with Crippen molar-refractivity contribution in [1.29, 1.82) is 0 Å². The molecule has 2 aliphatic heterocycles. The van der Waals surface area contributed by atoms with E-state index in [0.717, 1.165) is 42.3 Å². The Morgan fingerprint density at radius 3 is 2.76 bits per heavy atom. The molecule has 0 saturated heterocycles. The Bertz CT molecular complexity index is 545. The summed E-state index contributed by atoms with van der Waals surface area (Å²) < 4.78 is 10.8. The zero-order valence-electron chi connectivity index (χ0n) is 12.6. The Morgan fingerprint density at radius 1 is 1.24 bits per heavy atom. The molecule has 0 fully saturated rings. The van der Waals surface area contributed by atoms with Crippen LogP contribution in [0.3, 0.4) is 0 Å². The summed E-state index contributed by atoms with van der Waals surface area (Å²) in [7, 11) is 0. The Labute approximate surface area is 125 Å². The van der Waals surface area contributed by atoms with Gasteiger partial charge in [0.15, 0.2) is 11.5 Å². The highest BCUT2D eigenvalue weighted by Gasteiger charge is 2.31. The number of carbonyl (C=O) groups is 1. The van der Waals surface area contributed by atoms with Gasteiger partial charge in [-0.25, -0.2) is 0 Å². The highest BCUT2D eigenvalue weighted by molar-refractivity contribution is 6.05. The van der Waals surface area contributed by atoms with E-state index >= 15 is 0 Å². The van der Waals surface area contributed by atoms with E-state index in [9.17, 15) is 4.79 Å². The first-order valence-corrected chi connectivity index (χ1v) is 7.72. The van der Waals surface area contributed by atoms with Crippen molar-refractivity contribution in [3.05, 3.63) is 12.1 Å². The van der Waals surface area contributed by atoms with Crippen LogP contribution in [-0.2, 0) is 4.79 Å². The first-order valence-electron chi connectivity index (χ1n) is 7.72. The van der Waals surface area contributed by atoms with Crippen LogP contribution >= 0.6 is 0 Å². The molecule has 1 unspecified atom stereocenters. The molecule has 2 heterocycles. The molecule has 21 heavy (non-hydrogen) atoms.